The van der Waals surface area contributed by atoms with Crippen LogP contribution in [-0.2, 0) is 129 Å². The van der Waals surface area contributed by atoms with E-state index in [0.29, 0.717) is 96.5 Å². The molecule has 119 heavy (non-hydrogen) atoms. The minimum Gasteiger partial charge on any atom is -0.466 e. The van der Waals surface area contributed by atoms with E-state index in [2.05, 4.69) is 48.7 Å². The Morgan fingerprint density at radius 1 is 0.420 bits per heavy atom. The van der Waals surface area contributed by atoms with Crippen LogP contribution in [0.15, 0.2) is 15.0 Å². The molecule has 0 spiro atoms. The first-order valence-corrected chi connectivity index (χ1v) is 33.9. The number of cyclic esters (lactones) is 2. The van der Waals surface area contributed by atoms with Gasteiger partial charge in [-0.15, -0.1) is 0 Å². The van der Waals surface area contributed by atoms with Gasteiger partial charge in [-0.1, -0.05) is 95.5 Å². The Bertz CT molecular complexity index is 2340. The number of hydrogen-bond donors (Lipinski definition) is 11. The van der Waals surface area contributed by atoms with Gasteiger partial charge in [-0.05, 0) is 124 Å². The monoisotopic (exact) mass is 1750 g/mol. The number of amides is 1. The van der Waals surface area contributed by atoms with E-state index < -0.39 is 91.1 Å². The summed E-state index contributed by atoms with van der Waals surface area (Å²) in [4.78, 5) is 167. The van der Waals surface area contributed by atoms with Crippen molar-refractivity contribution in [3.63, 3.8) is 0 Å². The van der Waals surface area contributed by atoms with Gasteiger partial charge in [-0.3, -0.25) is 24.1 Å². The van der Waals surface area contributed by atoms with Crippen LogP contribution in [-0.4, -0.2) is 291 Å². The van der Waals surface area contributed by atoms with Crippen molar-refractivity contribution >= 4 is 90.3 Å². The number of carbonyl (C=O) groups is 12. The van der Waals surface area contributed by atoms with Crippen molar-refractivity contribution in [3.05, 3.63) is 0 Å². The van der Waals surface area contributed by atoms with Crippen LogP contribution in [0.5, 0.6) is 0 Å². The molecule has 11 N–H and O–H groups in total. The van der Waals surface area contributed by atoms with Gasteiger partial charge in [0.05, 0.1) is 52.9 Å². The Kier molecular flexibility index (Phi) is 163. The van der Waals surface area contributed by atoms with Crippen molar-refractivity contribution in [2.75, 3.05) is 113 Å². The SMILES string of the molecule is C.C.C.C.C.C.C.C.C.C.C.C.CC(O)C(=O)OCCCCCC(=O)OCCCO.CC(O)C(=O)OCCCCCC(=O)OCCCO.CC(OOOC=NCNC(=O)O)C(=O)OCCCCCC(=O)OCCCO.CC1OC(=O)C(C)OC1=O.CCOC(=O)COC(=O)C(C)O.CO.O=C(CCCCCO)OCCCO.O=C=NCN=C=O. The number of aliphatic hydroxyl groups excluding tert-OH is 9. The lowest BCUT2D eigenvalue weighted by Gasteiger charge is -2.22. The number of hydrogen-bond acceptors (Lipinski definition) is 40. The van der Waals surface area contributed by atoms with Gasteiger partial charge in [-0.25, -0.2) is 52.9 Å². The zero-order valence-electron chi connectivity index (χ0n) is 62.2. The number of isocyanates is 2. The van der Waals surface area contributed by atoms with Gasteiger partial charge < -0.3 is 108 Å². The predicted octanol–water partition coefficient (Wildman–Crippen LogP) is 7.99. The van der Waals surface area contributed by atoms with E-state index in [4.69, 9.17) is 84.2 Å². The third-order valence-electron chi connectivity index (χ3n) is 11.3. The number of carboxylic acid groups (broad SMARTS) is 1. The van der Waals surface area contributed by atoms with E-state index in [1.165, 1.54) is 53.7 Å². The molecule has 0 bridgehead atoms. The van der Waals surface area contributed by atoms with Crippen molar-refractivity contribution < 1.29 is 185 Å². The molecule has 1 rings (SSSR count). The van der Waals surface area contributed by atoms with Crippen molar-refractivity contribution in [1.82, 2.24) is 5.32 Å². The Morgan fingerprint density at radius 2 is 0.706 bits per heavy atom. The van der Waals surface area contributed by atoms with Crippen molar-refractivity contribution in [1.29, 1.82) is 0 Å². The molecule has 1 aliphatic heterocycles. The molecule has 0 radical (unpaired) electrons. The zero-order chi connectivity index (χ0) is 82.7. The second-order valence-electron chi connectivity index (χ2n) is 20.7. The van der Waals surface area contributed by atoms with Crippen molar-refractivity contribution in [2.45, 2.75) is 303 Å². The first-order chi connectivity index (χ1) is 51.0. The van der Waals surface area contributed by atoms with E-state index >= 15 is 0 Å². The Hall–Kier alpha value is -8.77. The maximum absolute atomic E-state index is 11.6. The summed E-state index contributed by atoms with van der Waals surface area (Å²) in [6.07, 6.45) is 7.59. The number of aliphatic imine (C=N–C) groups is 3. The summed E-state index contributed by atoms with van der Waals surface area (Å²) < 4.78 is 51.9. The smallest absolute Gasteiger partial charge is 0.406 e. The van der Waals surface area contributed by atoms with E-state index in [-0.39, 0.29) is 212 Å². The molecule has 0 aromatic rings. The van der Waals surface area contributed by atoms with Crippen LogP contribution < -0.4 is 5.32 Å². The number of nitrogens with zero attached hydrogens (tertiary/aromatic N) is 3. The molecule has 0 aromatic heterocycles. The Labute approximate surface area is 708 Å². The standard InChI is InChI=1S/C15H26N2O10.2C12H22O6.C9H18O4.C7H12O5.C6H8O4.C3H2N2O2.CH4O.12CH4/c1-12(26-27-25-11-16-10-17-15(21)22)14(20)24-8-4-2-3-6-13(19)23-9-5-7-18;2*1-10(14)12(16)18-8-4-2-3-6-11(15)17-9-5-7-13;10-6-3-1-2-5-9(12)13-8-4-7-11;1-3-11-6(9)4-12-7(10)5(2)8;1-3-5(7)10-4(2)6(8)9-3;6-2-4-1-5-3-7;1-2;;;;;;;;;;;;/h11-12,17-18H,2-10H2,1H3,(H,21,22);2*10,13-14H,2-9H2,1H3;10-11H,1-8H2;5,8H,3-4H2,1-2H3;3-4H,1-2H3;1H2;2H,1H3;12*1H4. The molecule has 1 amide bonds. The molecule has 1 heterocycles. The van der Waals surface area contributed by atoms with Crippen LogP contribution in [0.3, 0.4) is 0 Å². The second-order valence-corrected chi connectivity index (χ2v) is 20.7. The first kappa shape index (κ1) is 158. The quantitative estimate of drug-likeness (QED) is 0.00401. The molecule has 0 aliphatic carbocycles. The molecular weight excluding hydrogens is 1590 g/mol. The maximum atomic E-state index is 11.6. The third kappa shape index (κ3) is 130. The van der Waals surface area contributed by atoms with Gasteiger partial charge >= 0.3 is 71.8 Å². The molecule has 1 fully saturated rings. The maximum Gasteiger partial charge on any atom is 0.406 e. The lowest BCUT2D eigenvalue weighted by molar-refractivity contribution is -0.483. The van der Waals surface area contributed by atoms with Gasteiger partial charge in [0.1, 0.15) is 25.0 Å². The molecule has 6 atom stereocenters. The summed E-state index contributed by atoms with van der Waals surface area (Å²) >= 11 is 0. The van der Waals surface area contributed by atoms with E-state index in [9.17, 15) is 67.1 Å². The number of nitrogens with one attached hydrogen (secondary N) is 1. The second kappa shape index (κ2) is 122. The number of rotatable bonds is 50. The largest absolute Gasteiger partial charge is 0.466 e. The molecule has 42 nitrogen and oxygen atoms in total. The van der Waals surface area contributed by atoms with Gasteiger partial charge in [0.25, 0.3) is 0 Å². The zero-order valence-corrected chi connectivity index (χ0v) is 62.2. The fraction of sp³-hybridized carbons (Fsp3) is 0.805. The minimum atomic E-state index is -1.24. The van der Waals surface area contributed by atoms with Crippen molar-refractivity contribution in [2.24, 2.45) is 15.0 Å². The van der Waals surface area contributed by atoms with E-state index in [0.717, 1.165) is 45.6 Å². The normalized spacial score (nSPS) is 11.7. The molecule has 0 aromatic carbocycles. The van der Waals surface area contributed by atoms with Crippen LogP contribution in [0.4, 0.5) is 4.79 Å². The summed E-state index contributed by atoms with van der Waals surface area (Å²) in [7, 11) is 1.00. The van der Waals surface area contributed by atoms with Crippen LogP contribution in [0, 0.1) is 0 Å². The molecule has 1 aliphatic rings. The Balaban J connectivity index is -0.0000000582. The molecular formula is C77H162N4O38. The number of unbranched alkanes of at least 4 members (excludes halogenated alkanes) is 8. The summed E-state index contributed by atoms with van der Waals surface area (Å²) in [5, 5.41) is 90.2. The number of ether oxygens (including phenoxy) is 11. The highest BCUT2D eigenvalue weighted by Crippen LogP contribution is 2.10. The average molecular weight is 1750 g/mol. The molecule has 6 unspecified atom stereocenters. The van der Waals surface area contributed by atoms with Gasteiger partial charge in [-0.2, -0.15) is 14.9 Å². The molecule has 1 saturated heterocycles. The number of esters is 11. The fourth-order valence-electron chi connectivity index (χ4n) is 5.87. The van der Waals surface area contributed by atoms with Crippen LogP contribution >= 0.6 is 0 Å². The predicted molar refractivity (Wildman–Crippen MR) is 445 cm³/mol. The summed E-state index contributed by atoms with van der Waals surface area (Å²) in [5.41, 5.74) is 0. The highest BCUT2D eigenvalue weighted by atomic mass is 17.5. The lowest BCUT2D eigenvalue weighted by Crippen LogP contribution is -2.40. The molecule has 0 saturated carbocycles. The first-order valence-electron chi connectivity index (χ1n) is 33.9. The number of aliphatic hydroxyl groups is 9. The van der Waals surface area contributed by atoms with E-state index in [1.807, 2.05) is 5.32 Å². The van der Waals surface area contributed by atoms with Crippen LogP contribution in [0.25, 0.3) is 0 Å². The summed E-state index contributed by atoms with van der Waals surface area (Å²) in [6, 6.07) is 0. The minimum absolute atomic E-state index is 0. The molecule has 718 valence electrons. The average Bonchev–Trinajstić information content (AvgIpc) is 0.872. The van der Waals surface area contributed by atoms with Gasteiger partial charge in [0.2, 0.25) is 18.6 Å². The Morgan fingerprint density at radius 3 is 0.983 bits per heavy atom. The summed E-state index contributed by atoms with van der Waals surface area (Å²) in [5.74, 6) is -5.40. The van der Waals surface area contributed by atoms with Crippen LogP contribution in [0.1, 0.15) is 266 Å². The topological polar surface area (TPSA) is 620 Å². The van der Waals surface area contributed by atoms with Gasteiger partial charge in [0.15, 0.2) is 31.6 Å². The summed E-state index contributed by atoms with van der Waals surface area (Å²) in [6.45, 7) is 11.3. The fourth-order valence-corrected chi connectivity index (χ4v) is 5.87. The molecule has 42 heteroatoms. The highest BCUT2D eigenvalue weighted by molar-refractivity contribution is 5.87. The number of carbonyl (C=O) groups excluding carboxylic acids is 13. The van der Waals surface area contributed by atoms with Crippen molar-refractivity contribution in [3.8, 4) is 0 Å². The third-order valence-corrected chi connectivity index (χ3v) is 11.3. The lowest BCUT2D eigenvalue weighted by atomic mass is 10.2. The van der Waals surface area contributed by atoms with Crippen LogP contribution in [0.2, 0.25) is 0 Å². The van der Waals surface area contributed by atoms with E-state index in [1.54, 1.807) is 6.92 Å². The van der Waals surface area contributed by atoms with Gasteiger partial charge in [0, 0.05) is 91.5 Å². The highest BCUT2D eigenvalue weighted by Gasteiger charge is 2.32.